The Kier molecular flexibility index (Phi) is 3.03. The average molecular weight is 185 g/mol. The predicted octanol–water partition coefficient (Wildman–Crippen LogP) is 0.390. The summed E-state index contributed by atoms with van der Waals surface area (Å²) in [5.41, 5.74) is 4.36. The number of nitrogens with two attached hydrogens (primary N) is 1. The first-order valence-corrected chi connectivity index (χ1v) is 4.60. The Hall–Kier alpha value is -0.900. The third-order valence-corrected chi connectivity index (χ3v) is 2.36. The van der Waals surface area contributed by atoms with Crippen LogP contribution in [0.15, 0.2) is 0 Å². The maximum Gasteiger partial charge on any atom is 0.333 e. The van der Waals surface area contributed by atoms with Gasteiger partial charge < -0.3 is 10.5 Å². The molecule has 0 radical (unpaired) electrons. The van der Waals surface area contributed by atoms with Gasteiger partial charge in [-0.05, 0) is 19.8 Å². The summed E-state index contributed by atoms with van der Waals surface area (Å²) in [5, 5.41) is 0. The predicted molar refractivity (Wildman–Crippen MR) is 47.0 cm³/mol. The fourth-order valence-corrected chi connectivity index (χ4v) is 1.53. The van der Waals surface area contributed by atoms with Gasteiger partial charge in [0.1, 0.15) is 0 Å². The topological polar surface area (TPSA) is 69.4 Å². The first-order valence-electron chi connectivity index (χ1n) is 4.60. The fourth-order valence-electron chi connectivity index (χ4n) is 1.53. The van der Waals surface area contributed by atoms with Crippen LogP contribution in [-0.4, -0.2) is 23.9 Å². The maximum atomic E-state index is 11.4. The normalized spacial score (nSPS) is 28.6. The van der Waals surface area contributed by atoms with Gasteiger partial charge in [0.2, 0.25) is 0 Å². The molecular formula is C9H15NO3. The molecule has 1 rings (SSSR count). The Labute approximate surface area is 77.4 Å². The molecule has 0 aromatic heterocycles. The minimum Gasteiger partial charge on any atom is -0.464 e. The fraction of sp³-hybridized carbons (Fsp3) is 0.778. The molecule has 0 amide bonds. The van der Waals surface area contributed by atoms with Crippen LogP contribution in [0.4, 0.5) is 0 Å². The molecule has 1 saturated carbocycles. The molecule has 1 unspecified atom stereocenters. The highest BCUT2D eigenvalue weighted by atomic mass is 16.5. The molecule has 13 heavy (non-hydrogen) atoms. The lowest BCUT2D eigenvalue weighted by Crippen LogP contribution is -2.57. The molecule has 1 atom stereocenters. The molecule has 1 aliphatic rings. The minimum atomic E-state index is -1.35. The Morgan fingerprint density at radius 1 is 1.62 bits per heavy atom. The first kappa shape index (κ1) is 10.2. The molecule has 0 heterocycles. The van der Waals surface area contributed by atoms with Crippen LogP contribution in [-0.2, 0) is 14.3 Å². The highest BCUT2D eigenvalue weighted by Gasteiger charge is 2.44. The lowest BCUT2D eigenvalue weighted by molar-refractivity contribution is -0.154. The Balaban J connectivity index is 2.71. The van der Waals surface area contributed by atoms with E-state index in [0.29, 0.717) is 12.8 Å². The van der Waals surface area contributed by atoms with E-state index in [0.717, 1.165) is 12.8 Å². The van der Waals surface area contributed by atoms with Gasteiger partial charge in [-0.25, -0.2) is 4.79 Å². The summed E-state index contributed by atoms with van der Waals surface area (Å²) in [5.74, 6) is -0.753. The van der Waals surface area contributed by atoms with Crippen molar-refractivity contribution in [2.24, 2.45) is 5.73 Å². The number of ether oxygens (including phenoxy) is 1. The zero-order chi connectivity index (χ0) is 9.90. The van der Waals surface area contributed by atoms with Crippen LogP contribution in [0, 0.1) is 0 Å². The van der Waals surface area contributed by atoms with E-state index in [-0.39, 0.29) is 12.4 Å². The van der Waals surface area contributed by atoms with Crippen molar-refractivity contribution in [2.75, 3.05) is 6.61 Å². The summed E-state index contributed by atoms with van der Waals surface area (Å²) in [7, 11) is 0. The molecule has 0 aromatic carbocycles. The van der Waals surface area contributed by atoms with Crippen molar-refractivity contribution in [3.63, 3.8) is 0 Å². The van der Waals surface area contributed by atoms with Crippen LogP contribution in [0.2, 0.25) is 0 Å². The van der Waals surface area contributed by atoms with Crippen LogP contribution >= 0.6 is 0 Å². The summed E-state index contributed by atoms with van der Waals surface area (Å²) < 4.78 is 4.77. The third kappa shape index (κ3) is 1.88. The van der Waals surface area contributed by atoms with Gasteiger partial charge in [0.05, 0.1) is 6.61 Å². The van der Waals surface area contributed by atoms with E-state index in [2.05, 4.69) is 0 Å². The highest BCUT2D eigenvalue weighted by Crippen LogP contribution is 2.23. The second-order valence-corrected chi connectivity index (χ2v) is 3.32. The second kappa shape index (κ2) is 3.87. The molecule has 0 aromatic rings. The van der Waals surface area contributed by atoms with Crippen LogP contribution in [0.25, 0.3) is 0 Å². The molecule has 0 aliphatic heterocycles. The summed E-state index contributed by atoms with van der Waals surface area (Å²) in [4.78, 5) is 22.8. The Bertz CT molecular complexity index is 227. The van der Waals surface area contributed by atoms with E-state index in [4.69, 9.17) is 10.5 Å². The summed E-state index contributed by atoms with van der Waals surface area (Å²) in [6.45, 7) is 1.97. The van der Waals surface area contributed by atoms with Crippen molar-refractivity contribution in [1.29, 1.82) is 0 Å². The van der Waals surface area contributed by atoms with E-state index in [1.807, 2.05) is 0 Å². The Morgan fingerprint density at radius 3 is 2.85 bits per heavy atom. The van der Waals surface area contributed by atoms with Gasteiger partial charge in [-0.1, -0.05) is 6.42 Å². The molecule has 4 heteroatoms. The van der Waals surface area contributed by atoms with Gasteiger partial charge in [0.25, 0.3) is 0 Å². The van der Waals surface area contributed by atoms with Gasteiger partial charge in [0, 0.05) is 6.42 Å². The Morgan fingerprint density at radius 2 is 2.31 bits per heavy atom. The van der Waals surface area contributed by atoms with E-state index >= 15 is 0 Å². The monoisotopic (exact) mass is 185 g/mol. The van der Waals surface area contributed by atoms with Crippen LogP contribution in [0.1, 0.15) is 32.6 Å². The van der Waals surface area contributed by atoms with Crippen molar-refractivity contribution >= 4 is 11.8 Å². The van der Waals surface area contributed by atoms with Crippen molar-refractivity contribution in [3.05, 3.63) is 0 Å². The maximum absolute atomic E-state index is 11.4. The van der Waals surface area contributed by atoms with Gasteiger partial charge in [0.15, 0.2) is 11.3 Å². The number of carbonyl (C=O) groups is 2. The zero-order valence-electron chi connectivity index (χ0n) is 7.84. The lowest BCUT2D eigenvalue weighted by atomic mass is 9.81. The molecular weight excluding hydrogens is 170 g/mol. The summed E-state index contributed by atoms with van der Waals surface area (Å²) >= 11 is 0. The van der Waals surface area contributed by atoms with Gasteiger partial charge >= 0.3 is 5.97 Å². The molecule has 2 N–H and O–H groups in total. The molecule has 0 saturated heterocycles. The summed E-state index contributed by atoms with van der Waals surface area (Å²) in [6.07, 6.45) is 2.47. The second-order valence-electron chi connectivity index (χ2n) is 3.32. The molecule has 0 bridgehead atoms. The minimum absolute atomic E-state index is 0.183. The number of ketones is 1. The number of hydrogen-bond donors (Lipinski definition) is 1. The number of rotatable bonds is 2. The number of esters is 1. The van der Waals surface area contributed by atoms with Gasteiger partial charge in [-0.15, -0.1) is 0 Å². The van der Waals surface area contributed by atoms with E-state index in [9.17, 15) is 9.59 Å². The van der Waals surface area contributed by atoms with Crippen molar-refractivity contribution in [1.82, 2.24) is 0 Å². The quantitative estimate of drug-likeness (QED) is 0.499. The standard InChI is InChI=1S/C9H15NO3/c1-2-13-8(12)9(10)6-4-3-5-7(9)11/h2-6,10H2,1H3. The molecule has 0 spiro atoms. The highest BCUT2D eigenvalue weighted by molar-refractivity contribution is 6.08. The van der Waals surface area contributed by atoms with Crippen molar-refractivity contribution in [3.8, 4) is 0 Å². The average Bonchev–Trinajstić information content (AvgIpc) is 2.11. The van der Waals surface area contributed by atoms with Crippen LogP contribution in [0.5, 0.6) is 0 Å². The number of hydrogen-bond acceptors (Lipinski definition) is 4. The smallest absolute Gasteiger partial charge is 0.333 e. The third-order valence-electron chi connectivity index (χ3n) is 2.36. The molecule has 74 valence electrons. The molecule has 1 fully saturated rings. The largest absolute Gasteiger partial charge is 0.464 e. The first-order chi connectivity index (χ1) is 6.11. The van der Waals surface area contributed by atoms with Gasteiger partial charge in [-0.3, -0.25) is 4.79 Å². The lowest BCUT2D eigenvalue weighted by Gasteiger charge is -2.28. The van der Waals surface area contributed by atoms with E-state index < -0.39 is 11.5 Å². The van der Waals surface area contributed by atoms with Crippen molar-refractivity contribution < 1.29 is 14.3 Å². The molecule has 4 nitrogen and oxygen atoms in total. The number of carbonyl (C=O) groups excluding carboxylic acids is 2. The SMILES string of the molecule is CCOC(=O)C1(N)CCCCC1=O. The van der Waals surface area contributed by atoms with Crippen LogP contribution in [0.3, 0.4) is 0 Å². The molecule has 1 aliphatic carbocycles. The van der Waals surface area contributed by atoms with Crippen LogP contribution < -0.4 is 5.73 Å². The van der Waals surface area contributed by atoms with Gasteiger partial charge in [-0.2, -0.15) is 0 Å². The van der Waals surface area contributed by atoms with E-state index in [1.54, 1.807) is 6.92 Å². The zero-order valence-corrected chi connectivity index (χ0v) is 7.84. The number of Topliss-reactive ketones (excluding diaryl/α,β-unsaturated/α-hetero) is 1. The van der Waals surface area contributed by atoms with E-state index in [1.165, 1.54) is 0 Å². The van der Waals surface area contributed by atoms with Crippen molar-refractivity contribution in [2.45, 2.75) is 38.1 Å². The summed E-state index contributed by atoms with van der Waals surface area (Å²) in [6, 6.07) is 0.